The predicted molar refractivity (Wildman–Crippen MR) is 79.5 cm³/mol. The molecule has 0 spiro atoms. The number of rotatable bonds is 3. The van der Waals surface area contributed by atoms with Crippen molar-refractivity contribution in [2.45, 2.75) is 39.0 Å². The summed E-state index contributed by atoms with van der Waals surface area (Å²) in [5.74, 6) is 0.475. The van der Waals surface area contributed by atoms with E-state index in [1.54, 1.807) is 27.7 Å². The average molecular weight is 384 g/mol. The Kier molecular flexibility index (Phi) is 4.58. The van der Waals surface area contributed by atoms with Crippen molar-refractivity contribution in [3.05, 3.63) is 25.9 Å². The number of hydrogen-bond acceptors (Lipinski definition) is 4. The minimum atomic E-state index is -3.23. The molecule has 0 aliphatic rings. The fraction of sp³-hybridized carbons (Fsp3) is 0.636. The van der Waals surface area contributed by atoms with Gasteiger partial charge in [0.15, 0.2) is 9.84 Å². The van der Waals surface area contributed by atoms with E-state index in [2.05, 4.69) is 4.98 Å². The first kappa shape index (κ1) is 15.6. The zero-order chi connectivity index (χ0) is 14.1. The SMILES string of the molecule is Cc1ncc(I)c(=O)n1CCS(=O)(=O)C(C)(C)C. The maximum Gasteiger partial charge on any atom is 0.266 e. The highest BCUT2D eigenvalue weighted by atomic mass is 127. The summed E-state index contributed by atoms with van der Waals surface area (Å²) < 4.78 is 25.1. The summed E-state index contributed by atoms with van der Waals surface area (Å²) >= 11 is 1.90. The number of aromatic nitrogens is 2. The topological polar surface area (TPSA) is 69.0 Å². The molecule has 0 fully saturated rings. The Morgan fingerprint density at radius 2 is 1.94 bits per heavy atom. The molecule has 0 N–H and O–H groups in total. The molecule has 0 atom stereocenters. The van der Waals surface area contributed by atoms with Crippen molar-refractivity contribution in [2.24, 2.45) is 0 Å². The van der Waals surface area contributed by atoms with Crippen molar-refractivity contribution < 1.29 is 8.42 Å². The summed E-state index contributed by atoms with van der Waals surface area (Å²) in [5, 5.41) is 0. The van der Waals surface area contributed by atoms with Crippen LogP contribution in [0.4, 0.5) is 0 Å². The molecular formula is C11H17IN2O3S. The largest absolute Gasteiger partial charge is 0.295 e. The van der Waals surface area contributed by atoms with Gasteiger partial charge in [0.05, 0.1) is 14.1 Å². The highest BCUT2D eigenvalue weighted by molar-refractivity contribution is 14.1. The molecule has 1 aromatic heterocycles. The molecule has 1 rings (SSSR count). The van der Waals surface area contributed by atoms with Gasteiger partial charge in [0.1, 0.15) is 5.82 Å². The molecule has 18 heavy (non-hydrogen) atoms. The molecule has 7 heteroatoms. The first-order valence-electron chi connectivity index (χ1n) is 5.50. The van der Waals surface area contributed by atoms with E-state index in [1.807, 2.05) is 22.6 Å². The van der Waals surface area contributed by atoms with E-state index >= 15 is 0 Å². The molecule has 0 aromatic carbocycles. The second-order valence-electron chi connectivity index (χ2n) is 5.04. The van der Waals surface area contributed by atoms with E-state index in [9.17, 15) is 13.2 Å². The van der Waals surface area contributed by atoms with E-state index in [1.165, 1.54) is 10.8 Å². The van der Waals surface area contributed by atoms with E-state index in [0.29, 0.717) is 9.39 Å². The summed E-state index contributed by atoms with van der Waals surface area (Å²) in [6.07, 6.45) is 1.49. The molecule has 0 unspecified atom stereocenters. The van der Waals surface area contributed by atoms with Crippen molar-refractivity contribution in [3.8, 4) is 0 Å². The first-order valence-corrected chi connectivity index (χ1v) is 8.23. The normalized spacial score (nSPS) is 12.7. The summed E-state index contributed by atoms with van der Waals surface area (Å²) in [4.78, 5) is 15.9. The van der Waals surface area contributed by atoms with E-state index in [-0.39, 0.29) is 17.9 Å². The summed E-state index contributed by atoms with van der Waals surface area (Å²) in [6.45, 7) is 6.82. The van der Waals surface area contributed by atoms with Crippen LogP contribution in [-0.4, -0.2) is 28.5 Å². The van der Waals surface area contributed by atoms with Crippen LogP contribution in [0.2, 0.25) is 0 Å². The van der Waals surface area contributed by atoms with Crippen LogP contribution >= 0.6 is 22.6 Å². The average Bonchev–Trinajstić information content (AvgIpc) is 2.22. The molecule has 102 valence electrons. The summed E-state index contributed by atoms with van der Waals surface area (Å²) in [5.41, 5.74) is -0.188. The number of halogens is 1. The third-order valence-corrected chi connectivity index (χ3v) is 6.05. The lowest BCUT2D eigenvalue weighted by atomic mass is 10.3. The third-order valence-electron chi connectivity index (χ3n) is 2.72. The first-order chi connectivity index (χ1) is 8.06. The Bertz CT molecular complexity index is 600. The van der Waals surface area contributed by atoms with Gasteiger partial charge in [-0.25, -0.2) is 13.4 Å². The molecule has 0 aliphatic carbocycles. The van der Waals surface area contributed by atoms with Gasteiger partial charge in [-0.05, 0) is 50.3 Å². The van der Waals surface area contributed by atoms with Crippen LogP contribution in [0, 0.1) is 10.5 Å². The third kappa shape index (κ3) is 3.31. The smallest absolute Gasteiger partial charge is 0.266 e. The van der Waals surface area contributed by atoms with Gasteiger partial charge in [0.25, 0.3) is 5.56 Å². The lowest BCUT2D eigenvalue weighted by Crippen LogP contribution is -2.35. The highest BCUT2D eigenvalue weighted by Gasteiger charge is 2.28. The summed E-state index contributed by atoms with van der Waals surface area (Å²) in [6, 6.07) is 0. The molecule has 1 aromatic rings. The van der Waals surface area contributed by atoms with Crippen LogP contribution in [0.15, 0.2) is 11.0 Å². The molecule has 0 bridgehead atoms. The Morgan fingerprint density at radius 1 is 1.39 bits per heavy atom. The van der Waals surface area contributed by atoms with Gasteiger partial charge in [-0.1, -0.05) is 0 Å². The highest BCUT2D eigenvalue weighted by Crippen LogP contribution is 2.16. The molecule has 0 saturated heterocycles. The molecular weight excluding hydrogens is 367 g/mol. The van der Waals surface area contributed by atoms with E-state index in [0.717, 1.165) is 0 Å². The standard InChI is InChI=1S/C11H17IN2O3S/c1-8-13-7-9(12)10(15)14(8)5-6-18(16,17)11(2,3)4/h7H,5-6H2,1-4H3. The van der Waals surface area contributed by atoms with Crippen molar-refractivity contribution in [2.75, 3.05) is 5.75 Å². The van der Waals surface area contributed by atoms with Crippen LogP contribution in [0.3, 0.4) is 0 Å². The van der Waals surface area contributed by atoms with Crippen LogP contribution < -0.4 is 5.56 Å². The van der Waals surface area contributed by atoms with E-state index < -0.39 is 14.6 Å². The van der Waals surface area contributed by atoms with Crippen LogP contribution in [-0.2, 0) is 16.4 Å². The fourth-order valence-corrected chi connectivity index (χ4v) is 2.80. The Morgan fingerprint density at radius 3 is 2.44 bits per heavy atom. The van der Waals surface area contributed by atoms with Gasteiger partial charge in [-0.15, -0.1) is 0 Å². The van der Waals surface area contributed by atoms with Crippen LogP contribution in [0.25, 0.3) is 0 Å². The summed E-state index contributed by atoms with van der Waals surface area (Å²) in [7, 11) is -3.23. The molecule has 5 nitrogen and oxygen atoms in total. The lowest BCUT2D eigenvalue weighted by Gasteiger charge is -2.19. The van der Waals surface area contributed by atoms with Gasteiger partial charge in [0.2, 0.25) is 0 Å². The Balaban J connectivity index is 3.03. The molecule has 0 saturated carbocycles. The number of sulfone groups is 1. The van der Waals surface area contributed by atoms with Crippen molar-refractivity contribution in [1.29, 1.82) is 0 Å². The zero-order valence-electron chi connectivity index (χ0n) is 10.9. The molecule has 1 heterocycles. The lowest BCUT2D eigenvalue weighted by molar-refractivity contribution is 0.550. The van der Waals surface area contributed by atoms with Gasteiger partial charge >= 0.3 is 0 Å². The minimum absolute atomic E-state index is 0.0565. The second kappa shape index (κ2) is 5.28. The Hall–Kier alpha value is -0.440. The van der Waals surface area contributed by atoms with Crippen LogP contribution in [0.5, 0.6) is 0 Å². The van der Waals surface area contributed by atoms with Crippen molar-refractivity contribution in [1.82, 2.24) is 9.55 Å². The maximum absolute atomic E-state index is 12.0. The van der Waals surface area contributed by atoms with Crippen LogP contribution in [0.1, 0.15) is 26.6 Å². The van der Waals surface area contributed by atoms with Gasteiger partial charge in [-0.2, -0.15) is 0 Å². The van der Waals surface area contributed by atoms with E-state index in [4.69, 9.17) is 0 Å². The predicted octanol–water partition coefficient (Wildman–Crippen LogP) is 1.37. The Labute approximate surface area is 121 Å². The van der Waals surface area contributed by atoms with Gasteiger partial charge < -0.3 is 0 Å². The molecule has 0 aliphatic heterocycles. The van der Waals surface area contributed by atoms with Gasteiger partial charge in [-0.3, -0.25) is 9.36 Å². The molecule has 0 amide bonds. The zero-order valence-corrected chi connectivity index (χ0v) is 13.9. The van der Waals surface area contributed by atoms with Gasteiger partial charge in [0, 0.05) is 12.7 Å². The molecule has 0 radical (unpaired) electrons. The fourth-order valence-electron chi connectivity index (χ4n) is 1.33. The second-order valence-corrected chi connectivity index (χ2v) is 9.07. The number of hydrogen-bond donors (Lipinski definition) is 0. The quantitative estimate of drug-likeness (QED) is 0.739. The maximum atomic E-state index is 12.0. The van der Waals surface area contributed by atoms with Crippen molar-refractivity contribution in [3.63, 3.8) is 0 Å². The number of nitrogens with zero attached hydrogens (tertiary/aromatic N) is 2. The van der Waals surface area contributed by atoms with Crippen molar-refractivity contribution >= 4 is 32.4 Å². The monoisotopic (exact) mass is 384 g/mol. The number of aryl methyl sites for hydroxylation is 1. The minimum Gasteiger partial charge on any atom is -0.295 e.